The Morgan fingerprint density at radius 1 is 0.922 bits per heavy atom. The van der Waals surface area contributed by atoms with Crippen molar-refractivity contribution < 1.29 is 23.2 Å². The van der Waals surface area contributed by atoms with Gasteiger partial charge < -0.3 is 24.4 Å². The van der Waals surface area contributed by atoms with Gasteiger partial charge in [-0.3, -0.25) is 14.4 Å². The number of fused-ring (bicyclic) bond motifs is 2. The molecular formula is C39H42FN7O4. The number of rotatable bonds is 11. The van der Waals surface area contributed by atoms with E-state index in [1.807, 2.05) is 24.3 Å². The fraction of sp³-hybridized carbons (Fsp3) is 0.385. The van der Waals surface area contributed by atoms with E-state index in [9.17, 15) is 24.0 Å². The molecule has 12 heteroatoms. The molecule has 51 heavy (non-hydrogen) atoms. The topological polar surface area (TPSA) is 136 Å². The van der Waals surface area contributed by atoms with Crippen molar-refractivity contribution in [3.05, 3.63) is 106 Å². The highest BCUT2D eigenvalue weighted by Crippen LogP contribution is 2.47. The van der Waals surface area contributed by atoms with Crippen LogP contribution in [0.5, 0.6) is 0 Å². The fourth-order valence-corrected chi connectivity index (χ4v) is 7.06. The Morgan fingerprint density at radius 2 is 1.49 bits per heavy atom. The average Bonchev–Trinajstić information content (AvgIpc) is 3.86. The molecule has 2 aliphatic carbocycles. The normalized spacial score (nSPS) is 15.1. The first kappa shape index (κ1) is 35.4. The SMILES string of the molecule is CC(C#N)N(C(=O)CNCCC1(c2nnc(-c3ccc(F)cc3)o2)c2ccc(C(=O)N(C)C)cc2CCc2cc(C(=O)N(C)C)ccc21)C1CC1. The molecule has 1 atom stereocenters. The number of aryl methyl sites for hydroxylation is 2. The van der Waals surface area contributed by atoms with E-state index >= 15 is 0 Å². The quantitative estimate of drug-likeness (QED) is 0.226. The van der Waals surface area contributed by atoms with E-state index in [1.165, 1.54) is 21.9 Å². The summed E-state index contributed by atoms with van der Waals surface area (Å²) in [7, 11) is 6.84. The Hall–Kier alpha value is -5.41. The van der Waals surface area contributed by atoms with Gasteiger partial charge in [-0.2, -0.15) is 5.26 Å². The molecular weight excluding hydrogens is 649 g/mol. The monoisotopic (exact) mass is 691 g/mol. The summed E-state index contributed by atoms with van der Waals surface area (Å²) in [6.45, 7) is 2.12. The summed E-state index contributed by atoms with van der Waals surface area (Å²) >= 11 is 0. The smallest absolute Gasteiger partial charge is 0.253 e. The first-order chi connectivity index (χ1) is 24.4. The molecule has 1 aromatic heterocycles. The van der Waals surface area contributed by atoms with Gasteiger partial charge in [0.25, 0.3) is 11.8 Å². The van der Waals surface area contributed by atoms with Crippen LogP contribution < -0.4 is 5.32 Å². The maximum absolute atomic E-state index is 13.8. The van der Waals surface area contributed by atoms with Gasteiger partial charge in [0.15, 0.2) is 0 Å². The Labute approximate surface area is 297 Å². The number of carbonyl (C=O) groups is 3. The highest BCUT2D eigenvalue weighted by atomic mass is 19.1. The second-order valence-corrected chi connectivity index (χ2v) is 13.7. The number of nitrogens with one attached hydrogen (secondary N) is 1. The van der Waals surface area contributed by atoms with Crippen LogP contribution in [0.2, 0.25) is 0 Å². The molecule has 264 valence electrons. The van der Waals surface area contributed by atoms with Crippen LogP contribution in [0.4, 0.5) is 4.39 Å². The largest absolute Gasteiger partial charge is 0.419 e. The number of hydrogen-bond donors (Lipinski definition) is 1. The van der Waals surface area contributed by atoms with Crippen molar-refractivity contribution in [2.75, 3.05) is 41.3 Å². The summed E-state index contributed by atoms with van der Waals surface area (Å²) in [6.07, 6.45) is 3.29. The van der Waals surface area contributed by atoms with Gasteiger partial charge in [0.1, 0.15) is 17.3 Å². The third-order valence-electron chi connectivity index (χ3n) is 9.77. The average molecular weight is 692 g/mol. The van der Waals surface area contributed by atoms with E-state index in [1.54, 1.807) is 64.3 Å². The molecule has 1 heterocycles. The summed E-state index contributed by atoms with van der Waals surface area (Å²) in [5, 5.41) is 21.9. The summed E-state index contributed by atoms with van der Waals surface area (Å²) in [4.78, 5) is 44.3. The van der Waals surface area contributed by atoms with Crippen LogP contribution in [0.25, 0.3) is 11.5 Å². The second kappa shape index (κ2) is 14.4. The highest BCUT2D eigenvalue weighted by Gasteiger charge is 2.46. The number of nitriles is 1. The van der Waals surface area contributed by atoms with Crippen molar-refractivity contribution in [3.63, 3.8) is 0 Å². The Bertz CT molecular complexity index is 1920. The van der Waals surface area contributed by atoms with Gasteiger partial charge in [0.05, 0.1) is 12.6 Å². The van der Waals surface area contributed by atoms with E-state index in [4.69, 9.17) is 4.42 Å². The molecule has 3 aromatic carbocycles. The minimum absolute atomic E-state index is 0.0372. The van der Waals surface area contributed by atoms with Gasteiger partial charge in [0, 0.05) is 50.9 Å². The second-order valence-electron chi connectivity index (χ2n) is 13.7. The molecule has 0 aliphatic heterocycles. The lowest BCUT2D eigenvalue weighted by Crippen LogP contribution is -2.45. The van der Waals surface area contributed by atoms with Crippen molar-refractivity contribution in [2.45, 2.75) is 56.5 Å². The molecule has 0 spiro atoms. The Morgan fingerprint density at radius 3 is 2.00 bits per heavy atom. The van der Waals surface area contributed by atoms with Gasteiger partial charge in [-0.25, -0.2) is 4.39 Å². The molecule has 4 aromatic rings. The first-order valence-electron chi connectivity index (χ1n) is 17.2. The molecule has 1 saturated carbocycles. The van der Waals surface area contributed by atoms with Crippen molar-refractivity contribution in [1.82, 2.24) is 30.2 Å². The van der Waals surface area contributed by atoms with Crippen molar-refractivity contribution in [1.29, 1.82) is 5.26 Å². The number of aromatic nitrogens is 2. The molecule has 3 amide bonds. The van der Waals surface area contributed by atoms with Gasteiger partial charge in [0.2, 0.25) is 17.7 Å². The predicted octanol–water partition coefficient (Wildman–Crippen LogP) is 4.60. The summed E-state index contributed by atoms with van der Waals surface area (Å²) in [5.41, 5.74) is 4.11. The van der Waals surface area contributed by atoms with E-state index < -0.39 is 17.3 Å². The molecule has 1 N–H and O–H groups in total. The maximum atomic E-state index is 13.8. The van der Waals surface area contributed by atoms with E-state index in [0.717, 1.165) is 35.1 Å². The van der Waals surface area contributed by atoms with Crippen molar-refractivity contribution >= 4 is 17.7 Å². The zero-order valence-corrected chi connectivity index (χ0v) is 29.6. The van der Waals surface area contributed by atoms with Crippen LogP contribution in [0.15, 0.2) is 65.1 Å². The minimum Gasteiger partial charge on any atom is -0.419 e. The summed E-state index contributed by atoms with van der Waals surface area (Å²) in [6, 6.07) is 18.9. The van der Waals surface area contributed by atoms with Gasteiger partial charge >= 0.3 is 0 Å². The number of carbonyl (C=O) groups excluding carboxylic acids is 3. The number of nitrogens with zero attached hydrogens (tertiary/aromatic N) is 6. The number of hydrogen-bond acceptors (Lipinski definition) is 8. The van der Waals surface area contributed by atoms with Crippen LogP contribution >= 0.6 is 0 Å². The van der Waals surface area contributed by atoms with Crippen LogP contribution in [-0.2, 0) is 23.1 Å². The van der Waals surface area contributed by atoms with Crippen molar-refractivity contribution in [2.24, 2.45) is 0 Å². The lowest BCUT2D eigenvalue weighted by Gasteiger charge is -2.34. The maximum Gasteiger partial charge on any atom is 0.253 e. The Kier molecular flexibility index (Phi) is 10.0. The fourth-order valence-electron chi connectivity index (χ4n) is 7.06. The molecule has 1 unspecified atom stereocenters. The minimum atomic E-state index is -1.07. The first-order valence-corrected chi connectivity index (χ1v) is 17.2. The molecule has 0 bridgehead atoms. The molecule has 2 aliphatic rings. The van der Waals surface area contributed by atoms with Crippen LogP contribution in [0, 0.1) is 17.1 Å². The van der Waals surface area contributed by atoms with Gasteiger partial charge in [-0.15, -0.1) is 10.2 Å². The molecule has 0 saturated heterocycles. The van der Waals surface area contributed by atoms with Crippen LogP contribution in [0.3, 0.4) is 0 Å². The van der Waals surface area contributed by atoms with E-state index in [0.29, 0.717) is 42.5 Å². The third kappa shape index (κ3) is 6.99. The molecule has 1 fully saturated rings. The van der Waals surface area contributed by atoms with Gasteiger partial charge in [-0.05, 0) is 116 Å². The van der Waals surface area contributed by atoms with Crippen LogP contribution in [-0.4, -0.2) is 96.0 Å². The number of amides is 3. The predicted molar refractivity (Wildman–Crippen MR) is 188 cm³/mol. The van der Waals surface area contributed by atoms with Gasteiger partial charge in [-0.1, -0.05) is 12.1 Å². The lowest BCUT2D eigenvalue weighted by atomic mass is 9.69. The molecule has 0 radical (unpaired) electrons. The highest BCUT2D eigenvalue weighted by molar-refractivity contribution is 5.95. The standard InChI is InChI=1S/C39H42FN7O4/c1-24(22-41)47(31-14-15-31)34(48)23-42-19-18-39(38-44-43-35(51-38)25-8-12-30(40)13-9-25)32-16-10-28(36(49)45(2)3)20-26(32)6-7-27-21-29(11-17-33(27)39)37(50)46(4)5/h8-13,16-17,20-21,24,31,42H,6-7,14-15,18-19,23H2,1-5H3. The van der Waals surface area contributed by atoms with E-state index in [-0.39, 0.29) is 42.1 Å². The number of halogens is 1. The van der Waals surface area contributed by atoms with E-state index in [2.05, 4.69) is 21.6 Å². The zero-order chi connectivity index (χ0) is 36.4. The zero-order valence-electron chi connectivity index (χ0n) is 29.6. The third-order valence-corrected chi connectivity index (χ3v) is 9.77. The van der Waals surface area contributed by atoms with Crippen molar-refractivity contribution in [3.8, 4) is 17.5 Å². The summed E-state index contributed by atoms with van der Waals surface area (Å²) < 4.78 is 20.4. The molecule has 11 nitrogen and oxygen atoms in total. The summed E-state index contributed by atoms with van der Waals surface area (Å²) in [5.74, 6) is -0.297. The molecule has 6 rings (SSSR count). The van der Waals surface area contributed by atoms with Crippen LogP contribution in [0.1, 0.15) is 75.0 Å². The number of benzene rings is 3. The Balaban J connectivity index is 1.48. The lowest BCUT2D eigenvalue weighted by molar-refractivity contribution is -0.131.